The van der Waals surface area contributed by atoms with Gasteiger partial charge >= 0.3 is 0 Å². The van der Waals surface area contributed by atoms with Gasteiger partial charge in [0.25, 0.3) is 0 Å². The van der Waals surface area contributed by atoms with E-state index in [1.54, 1.807) is 12.4 Å². The first-order valence-corrected chi connectivity index (χ1v) is 11.2. The molecule has 8 nitrogen and oxygen atoms in total. The van der Waals surface area contributed by atoms with Crippen LogP contribution in [0.1, 0.15) is 23.1 Å². The molecule has 2 N–H and O–H groups in total. The fraction of sp³-hybridized carbons (Fsp3) is 0.280. The van der Waals surface area contributed by atoms with Crippen LogP contribution in [0, 0.1) is 5.41 Å². The van der Waals surface area contributed by atoms with Gasteiger partial charge in [0.05, 0.1) is 25.1 Å². The smallest absolute Gasteiger partial charge is 0.197 e. The highest BCUT2D eigenvalue weighted by Crippen LogP contribution is 2.38. The van der Waals surface area contributed by atoms with Gasteiger partial charge in [-0.15, -0.1) is 0 Å². The molecule has 3 aromatic heterocycles. The maximum atomic E-state index is 8.08. The molecule has 1 aliphatic carbocycles. The van der Waals surface area contributed by atoms with Crippen molar-refractivity contribution in [3.8, 4) is 11.6 Å². The number of pyridine rings is 1. The average molecular weight is 441 g/mol. The highest BCUT2D eigenvalue weighted by Gasteiger charge is 2.21. The number of aryl methyl sites for hydroxylation is 1. The standard InChI is InChI=1S/C25H24N6O2/c26-21-4-1-17-11-18(2-3-19(17)21)30-23-20-5-6-27-14-22(20)33-24(23)25-28-12-16(13-29-25)15-31-7-9-32-10-8-31/h2-3,5-6,11-14,26,30H,1,4,7-10,15H2. The predicted molar refractivity (Wildman–Crippen MR) is 126 cm³/mol. The van der Waals surface area contributed by atoms with Crippen molar-refractivity contribution in [3.05, 3.63) is 65.7 Å². The maximum absolute atomic E-state index is 8.08. The quantitative estimate of drug-likeness (QED) is 0.480. The first-order chi connectivity index (χ1) is 16.2. The fourth-order valence-corrected chi connectivity index (χ4v) is 4.52. The summed E-state index contributed by atoms with van der Waals surface area (Å²) in [5.74, 6) is 1.12. The van der Waals surface area contributed by atoms with E-state index in [1.165, 1.54) is 5.56 Å². The van der Waals surface area contributed by atoms with Crippen LogP contribution in [0.15, 0.2) is 53.5 Å². The predicted octanol–water partition coefficient (Wildman–Crippen LogP) is 4.17. The van der Waals surface area contributed by atoms with Crippen molar-refractivity contribution in [1.82, 2.24) is 19.9 Å². The Morgan fingerprint density at radius 1 is 1.03 bits per heavy atom. The van der Waals surface area contributed by atoms with Crippen LogP contribution in [0.5, 0.6) is 0 Å². The Hall–Kier alpha value is -3.62. The molecule has 166 valence electrons. The molecule has 8 heteroatoms. The number of hydrogen-bond donors (Lipinski definition) is 2. The van der Waals surface area contributed by atoms with Crippen LogP contribution in [-0.2, 0) is 17.7 Å². The topological polar surface area (TPSA) is 100 Å². The SMILES string of the molecule is N=C1CCc2cc(Nc3c(-c4ncc(CN5CCOCC5)cn4)oc4cnccc34)ccc21. The zero-order valence-electron chi connectivity index (χ0n) is 18.2. The summed E-state index contributed by atoms with van der Waals surface area (Å²) in [6, 6.07) is 8.08. The molecule has 0 amide bonds. The van der Waals surface area contributed by atoms with Crippen molar-refractivity contribution in [2.45, 2.75) is 19.4 Å². The molecule has 1 aliphatic heterocycles. The summed E-state index contributed by atoms with van der Waals surface area (Å²) >= 11 is 0. The van der Waals surface area contributed by atoms with Gasteiger partial charge in [-0.25, -0.2) is 9.97 Å². The Morgan fingerprint density at radius 3 is 2.73 bits per heavy atom. The zero-order valence-corrected chi connectivity index (χ0v) is 18.2. The molecule has 1 aromatic carbocycles. The number of nitrogens with zero attached hydrogens (tertiary/aromatic N) is 4. The van der Waals surface area contributed by atoms with Crippen molar-refractivity contribution >= 4 is 28.1 Å². The van der Waals surface area contributed by atoms with Crippen LogP contribution >= 0.6 is 0 Å². The minimum atomic E-state index is 0.530. The second kappa shape index (κ2) is 8.38. The first-order valence-electron chi connectivity index (χ1n) is 11.2. The number of benzene rings is 1. The zero-order chi connectivity index (χ0) is 22.2. The maximum Gasteiger partial charge on any atom is 0.197 e. The number of furan rings is 1. The Labute approximate surface area is 191 Å². The van der Waals surface area contributed by atoms with Crippen LogP contribution in [0.3, 0.4) is 0 Å². The van der Waals surface area contributed by atoms with Crippen LogP contribution in [0.4, 0.5) is 11.4 Å². The Morgan fingerprint density at radius 2 is 1.88 bits per heavy atom. The van der Waals surface area contributed by atoms with E-state index in [9.17, 15) is 0 Å². The number of fused-ring (bicyclic) bond motifs is 2. The third-order valence-corrected chi connectivity index (χ3v) is 6.26. The number of rotatable bonds is 5. The number of nitrogens with one attached hydrogen (secondary N) is 2. The summed E-state index contributed by atoms with van der Waals surface area (Å²) in [6.45, 7) is 4.19. The molecule has 0 radical (unpaired) electrons. The molecule has 0 saturated carbocycles. The first kappa shape index (κ1) is 20.0. The van der Waals surface area contributed by atoms with Crippen LogP contribution in [0.25, 0.3) is 22.6 Å². The molecule has 0 atom stereocenters. The van der Waals surface area contributed by atoms with E-state index >= 15 is 0 Å². The number of ether oxygens (including phenoxy) is 1. The van der Waals surface area contributed by atoms with Crippen LogP contribution < -0.4 is 5.32 Å². The van der Waals surface area contributed by atoms with E-state index in [0.717, 1.165) is 73.6 Å². The largest absolute Gasteiger partial charge is 0.449 e. The van der Waals surface area contributed by atoms with Crippen LogP contribution in [0.2, 0.25) is 0 Å². The lowest BCUT2D eigenvalue weighted by molar-refractivity contribution is 0.0341. The minimum Gasteiger partial charge on any atom is -0.449 e. The lowest BCUT2D eigenvalue weighted by atomic mass is 10.1. The van der Waals surface area contributed by atoms with Crippen LogP contribution in [-0.4, -0.2) is 51.9 Å². The molecular formula is C25H24N6O2. The number of morpholine rings is 1. The van der Waals surface area contributed by atoms with Gasteiger partial charge in [-0.05, 0) is 42.2 Å². The number of aromatic nitrogens is 3. The molecule has 1 fully saturated rings. The highest BCUT2D eigenvalue weighted by molar-refractivity contribution is 6.03. The van der Waals surface area contributed by atoms with E-state index in [4.69, 9.17) is 14.6 Å². The normalized spacial score (nSPS) is 16.3. The van der Waals surface area contributed by atoms with Gasteiger partial charge in [0.1, 0.15) is 0 Å². The molecule has 2 aliphatic rings. The second-order valence-electron chi connectivity index (χ2n) is 8.46. The van der Waals surface area contributed by atoms with Gasteiger partial charge < -0.3 is 19.9 Å². The van der Waals surface area contributed by atoms with Crippen molar-refractivity contribution in [1.29, 1.82) is 5.41 Å². The molecule has 6 rings (SSSR count). The van der Waals surface area contributed by atoms with Crippen molar-refractivity contribution in [2.24, 2.45) is 0 Å². The average Bonchev–Trinajstić information content (AvgIpc) is 3.41. The summed E-state index contributed by atoms with van der Waals surface area (Å²) in [4.78, 5) is 15.8. The number of hydrogen-bond acceptors (Lipinski definition) is 8. The van der Waals surface area contributed by atoms with Crippen molar-refractivity contribution in [2.75, 3.05) is 31.6 Å². The van der Waals surface area contributed by atoms with Gasteiger partial charge in [-0.3, -0.25) is 9.88 Å². The fourth-order valence-electron chi connectivity index (χ4n) is 4.52. The molecule has 33 heavy (non-hydrogen) atoms. The van der Waals surface area contributed by atoms with E-state index in [-0.39, 0.29) is 0 Å². The van der Waals surface area contributed by atoms with Crippen molar-refractivity contribution < 1.29 is 9.15 Å². The molecule has 4 heterocycles. The summed E-state index contributed by atoms with van der Waals surface area (Å²) < 4.78 is 11.6. The minimum absolute atomic E-state index is 0.530. The molecular weight excluding hydrogens is 416 g/mol. The number of anilines is 2. The lowest BCUT2D eigenvalue weighted by Gasteiger charge is -2.26. The summed E-state index contributed by atoms with van der Waals surface area (Å²) in [7, 11) is 0. The Balaban J connectivity index is 1.32. The van der Waals surface area contributed by atoms with E-state index in [1.807, 2.05) is 30.6 Å². The molecule has 1 saturated heterocycles. The molecule has 0 unspecified atom stereocenters. The van der Waals surface area contributed by atoms with Gasteiger partial charge in [0.15, 0.2) is 17.2 Å². The molecule has 0 spiro atoms. The van der Waals surface area contributed by atoms with E-state index in [2.05, 4.69) is 31.2 Å². The lowest BCUT2D eigenvalue weighted by Crippen LogP contribution is -2.35. The third-order valence-electron chi connectivity index (χ3n) is 6.26. The highest BCUT2D eigenvalue weighted by atomic mass is 16.5. The Bertz CT molecular complexity index is 1320. The second-order valence-corrected chi connectivity index (χ2v) is 8.46. The summed E-state index contributed by atoms with van der Waals surface area (Å²) in [5, 5.41) is 12.5. The Kier molecular flexibility index (Phi) is 5.09. The van der Waals surface area contributed by atoms with E-state index < -0.39 is 0 Å². The molecule has 0 bridgehead atoms. The third kappa shape index (κ3) is 3.88. The summed E-state index contributed by atoms with van der Waals surface area (Å²) in [5.41, 5.74) is 6.47. The van der Waals surface area contributed by atoms with Gasteiger partial charge in [0, 0.05) is 60.6 Å². The van der Waals surface area contributed by atoms with E-state index in [0.29, 0.717) is 22.9 Å². The van der Waals surface area contributed by atoms with Gasteiger partial charge in [-0.1, -0.05) is 6.07 Å². The van der Waals surface area contributed by atoms with Gasteiger partial charge in [-0.2, -0.15) is 0 Å². The molecule has 4 aromatic rings. The summed E-state index contributed by atoms with van der Waals surface area (Å²) in [6.07, 6.45) is 8.90. The van der Waals surface area contributed by atoms with Crippen molar-refractivity contribution in [3.63, 3.8) is 0 Å². The monoisotopic (exact) mass is 440 g/mol. The van der Waals surface area contributed by atoms with Gasteiger partial charge in [0.2, 0.25) is 0 Å².